The van der Waals surface area contributed by atoms with Crippen LogP contribution in [-0.2, 0) is 0 Å². The van der Waals surface area contributed by atoms with E-state index in [0.717, 1.165) is 6.54 Å². The van der Waals surface area contributed by atoms with Crippen LogP contribution >= 0.6 is 24.0 Å². The molecule has 1 rings (SSSR count). The van der Waals surface area contributed by atoms with Crippen LogP contribution in [0.15, 0.2) is 30.3 Å². The first-order valence-corrected chi connectivity index (χ1v) is 20.5. The number of halogens is 2. The van der Waals surface area contributed by atoms with Crippen molar-refractivity contribution in [3.63, 3.8) is 0 Å². The van der Waals surface area contributed by atoms with Crippen molar-refractivity contribution >= 4 is 49.1 Å². The van der Waals surface area contributed by atoms with E-state index in [9.17, 15) is 0 Å². The van der Waals surface area contributed by atoms with Gasteiger partial charge in [0.15, 0.2) is 0 Å². The Morgan fingerprint density at radius 3 is 2.17 bits per heavy atom. The molecule has 0 saturated heterocycles. The Kier molecular flexibility index (Phi) is 10.7. The summed E-state index contributed by atoms with van der Waals surface area (Å²) in [7, 11) is 0. The van der Waals surface area contributed by atoms with Crippen molar-refractivity contribution in [1.82, 2.24) is 0 Å². The molecule has 1 aromatic rings. The Morgan fingerprint density at radius 1 is 1.25 bits per heavy atom. The van der Waals surface area contributed by atoms with Gasteiger partial charge in [-0.05, 0) is 19.1 Å². The summed E-state index contributed by atoms with van der Waals surface area (Å²) < 4.78 is 0. The van der Waals surface area contributed by atoms with E-state index < -0.39 is 0 Å². The molecule has 0 spiro atoms. The molecule has 0 amide bonds. The van der Waals surface area contributed by atoms with Crippen molar-refractivity contribution in [3.05, 3.63) is 30.3 Å². The third-order valence-electron chi connectivity index (χ3n) is 1.15. The van der Waals surface area contributed by atoms with E-state index in [1.54, 1.807) is 0 Å². The summed E-state index contributed by atoms with van der Waals surface area (Å²) in [6.45, 7) is 3.08. The van der Waals surface area contributed by atoms with Gasteiger partial charge in [0, 0.05) is 12.2 Å². The van der Waals surface area contributed by atoms with Crippen molar-refractivity contribution in [1.29, 1.82) is 0 Å². The molecule has 0 unspecified atom stereocenters. The summed E-state index contributed by atoms with van der Waals surface area (Å²) in [5.74, 6) is 0. The molecule has 12 heavy (non-hydrogen) atoms. The Morgan fingerprint density at radius 2 is 1.75 bits per heavy atom. The predicted molar refractivity (Wildman–Crippen MR) is 64.2 cm³/mol. The molecule has 0 aliphatic carbocycles. The Balaban J connectivity index is 0.000000354. The fourth-order valence-electron chi connectivity index (χ4n) is 0.760. The van der Waals surface area contributed by atoms with Gasteiger partial charge in [0.25, 0.3) is 0 Å². The molecule has 1 N–H and O–H groups in total. The van der Waals surface area contributed by atoms with Gasteiger partial charge in [0.05, 0.1) is 0 Å². The number of para-hydroxylation sites is 1. The predicted octanol–water partition coefficient (Wildman–Crippen LogP) is 3.43. The van der Waals surface area contributed by atoms with Crippen molar-refractivity contribution in [2.24, 2.45) is 0 Å². The molecular formula is C8H11Br2NPb. The zero-order chi connectivity index (χ0) is 9.23. The van der Waals surface area contributed by atoms with Crippen molar-refractivity contribution < 1.29 is 0 Å². The monoisotopic (exact) mass is 487 g/mol. The first-order chi connectivity index (χ1) is 5.85. The maximum atomic E-state index is 3.26. The minimum atomic E-state index is -0.292. The van der Waals surface area contributed by atoms with Gasteiger partial charge >= 0.3 is 43.4 Å². The average molecular weight is 488 g/mol. The van der Waals surface area contributed by atoms with Gasteiger partial charge < -0.3 is 5.32 Å². The molecule has 1 nitrogen and oxygen atoms in total. The molecule has 0 bridgehead atoms. The van der Waals surface area contributed by atoms with Crippen LogP contribution in [0.5, 0.6) is 0 Å². The van der Waals surface area contributed by atoms with Gasteiger partial charge in [-0.15, -0.1) is 0 Å². The average Bonchev–Trinajstić information content (AvgIpc) is 2.08. The number of rotatable bonds is 2. The number of hydrogen-bond donors (Lipinski definition) is 1. The number of nitrogens with one attached hydrogen (secondary N) is 1. The standard InChI is InChI=1S/C8H11N.2BrH.Pb/c1-2-9-8-6-4-3-5-7-8;;;/h3-7,9H,2H2,1H3;2*1H;/q;;;+2/p-2. The molecule has 0 atom stereocenters. The molecule has 0 saturated carbocycles. The van der Waals surface area contributed by atoms with E-state index in [-0.39, 0.29) is 19.4 Å². The molecule has 2 radical (unpaired) electrons. The van der Waals surface area contributed by atoms with E-state index in [0.29, 0.717) is 0 Å². The molecular weight excluding hydrogens is 477 g/mol. The first-order valence-electron chi connectivity index (χ1n) is 3.60. The summed E-state index contributed by atoms with van der Waals surface area (Å²) >= 11 is 6.22. The van der Waals surface area contributed by atoms with Crippen molar-refractivity contribution in [3.8, 4) is 0 Å². The third-order valence-corrected chi connectivity index (χ3v) is 1.15. The van der Waals surface area contributed by atoms with Crippen LogP contribution in [0.4, 0.5) is 5.69 Å². The summed E-state index contributed by atoms with van der Waals surface area (Å²) in [6, 6.07) is 10.2. The SMILES string of the molecule is CCNc1ccccc1.[Br][Pb][Br]. The molecule has 1 aromatic carbocycles. The van der Waals surface area contributed by atoms with Crippen molar-refractivity contribution in [2.75, 3.05) is 11.9 Å². The van der Waals surface area contributed by atoms with E-state index >= 15 is 0 Å². The second-order valence-electron chi connectivity index (χ2n) is 1.97. The summed E-state index contributed by atoms with van der Waals surface area (Å²) in [5, 5.41) is 3.21. The van der Waals surface area contributed by atoms with Gasteiger partial charge in [0.1, 0.15) is 0 Å². The Bertz CT molecular complexity index is 182. The second-order valence-corrected chi connectivity index (χ2v) is 18.8. The molecule has 4 heteroatoms. The topological polar surface area (TPSA) is 12.0 Å². The summed E-state index contributed by atoms with van der Waals surface area (Å²) in [6.07, 6.45) is 0. The number of benzene rings is 1. The molecule has 0 fully saturated rings. The minimum absolute atomic E-state index is 0.292. The van der Waals surface area contributed by atoms with Gasteiger partial charge in [0.2, 0.25) is 0 Å². The zero-order valence-corrected chi connectivity index (χ0v) is 13.9. The first kappa shape index (κ1) is 12.9. The zero-order valence-electron chi connectivity index (χ0n) is 6.85. The van der Waals surface area contributed by atoms with Crippen LogP contribution in [0.1, 0.15) is 6.92 Å². The van der Waals surface area contributed by atoms with Gasteiger partial charge in [-0.3, -0.25) is 0 Å². The van der Waals surface area contributed by atoms with Crippen LogP contribution in [-0.4, -0.2) is 26.0 Å². The Hall–Kier alpha value is 0.902. The van der Waals surface area contributed by atoms with Crippen LogP contribution in [0, 0.1) is 0 Å². The quantitative estimate of drug-likeness (QED) is 0.630. The normalized spacial score (nSPS) is 8.25. The molecule has 66 valence electrons. The van der Waals surface area contributed by atoms with Crippen molar-refractivity contribution in [2.45, 2.75) is 6.92 Å². The van der Waals surface area contributed by atoms with E-state index in [4.69, 9.17) is 0 Å². The van der Waals surface area contributed by atoms with E-state index in [1.165, 1.54) is 5.69 Å². The summed E-state index contributed by atoms with van der Waals surface area (Å²) in [5.41, 5.74) is 1.19. The fraction of sp³-hybridized carbons (Fsp3) is 0.250. The van der Waals surface area contributed by atoms with Crippen LogP contribution in [0.2, 0.25) is 0 Å². The van der Waals surface area contributed by atoms with Crippen LogP contribution < -0.4 is 5.32 Å². The third kappa shape index (κ3) is 7.55. The van der Waals surface area contributed by atoms with Gasteiger partial charge in [-0.2, -0.15) is 0 Å². The molecule has 0 heterocycles. The van der Waals surface area contributed by atoms with E-state index in [2.05, 4.69) is 48.3 Å². The molecule has 0 aliphatic rings. The van der Waals surface area contributed by atoms with Crippen LogP contribution in [0.25, 0.3) is 0 Å². The van der Waals surface area contributed by atoms with Gasteiger partial charge in [-0.25, -0.2) is 0 Å². The van der Waals surface area contributed by atoms with E-state index in [1.807, 2.05) is 18.2 Å². The number of anilines is 1. The van der Waals surface area contributed by atoms with Crippen LogP contribution in [0.3, 0.4) is 0 Å². The Labute approximate surface area is 97.1 Å². The maximum absolute atomic E-state index is 3.26. The molecule has 0 aromatic heterocycles. The summed E-state index contributed by atoms with van der Waals surface area (Å²) in [4.78, 5) is 0. The fourth-order valence-corrected chi connectivity index (χ4v) is 0.760. The number of hydrogen-bond acceptors (Lipinski definition) is 1. The molecule has 0 aliphatic heterocycles. The second kappa shape index (κ2) is 9.99. The van der Waals surface area contributed by atoms with Gasteiger partial charge in [-0.1, -0.05) is 18.2 Å².